The Labute approximate surface area is 109 Å². The van der Waals surface area contributed by atoms with E-state index in [0.717, 1.165) is 45.3 Å². The van der Waals surface area contributed by atoms with E-state index in [0.29, 0.717) is 6.42 Å². The maximum atomic E-state index is 11.0. The van der Waals surface area contributed by atoms with Crippen molar-refractivity contribution in [3.8, 4) is 0 Å². The second-order valence-electron chi connectivity index (χ2n) is 5.08. The number of nitrogens with zero attached hydrogens (tertiary/aromatic N) is 1. The Hall–Kier alpha value is -0.380. The van der Waals surface area contributed by atoms with E-state index in [2.05, 4.69) is 4.90 Å². The number of unbranched alkanes of at least 4 members (excludes halogenated alkanes) is 1. The van der Waals surface area contributed by atoms with Crippen LogP contribution in [0.3, 0.4) is 0 Å². The number of aliphatic hydroxyl groups is 1. The molecular weight excluding hydrogens is 253 g/mol. The van der Waals surface area contributed by atoms with E-state index in [9.17, 15) is 14.5 Å². The van der Waals surface area contributed by atoms with Crippen LogP contribution in [0, 0.1) is 5.92 Å². The van der Waals surface area contributed by atoms with Crippen LogP contribution in [0.2, 0.25) is 0 Å². The van der Waals surface area contributed by atoms with Crippen LogP contribution in [-0.4, -0.2) is 53.2 Å². The number of likely N-dealkylation sites (tertiary alicyclic amines) is 1. The molecule has 1 saturated heterocycles. The standard InChI is InChI=1S/C12H24NO4P/c1-18(17)11(14)4-2-3-7-13-8-5-10(6-9-13)12(15)16/h10-11,14,18H,2-9H2,1H3,(H,15,16). The molecule has 0 amide bonds. The maximum Gasteiger partial charge on any atom is 0.306 e. The Bertz CT molecular complexity index is 290. The van der Waals surface area contributed by atoms with Gasteiger partial charge in [0, 0.05) is 0 Å². The second-order valence-corrected chi connectivity index (χ2v) is 6.96. The topological polar surface area (TPSA) is 77.8 Å². The first-order valence-corrected chi connectivity index (χ1v) is 8.63. The van der Waals surface area contributed by atoms with Gasteiger partial charge in [-0.15, -0.1) is 0 Å². The molecule has 0 aromatic carbocycles. The van der Waals surface area contributed by atoms with Crippen molar-refractivity contribution in [3.63, 3.8) is 0 Å². The van der Waals surface area contributed by atoms with Gasteiger partial charge < -0.3 is 19.7 Å². The number of carbonyl (C=O) groups is 1. The highest BCUT2D eigenvalue weighted by atomic mass is 31.1. The molecule has 2 atom stereocenters. The first-order chi connectivity index (χ1) is 8.50. The molecule has 5 nitrogen and oxygen atoms in total. The average Bonchev–Trinajstić information content (AvgIpc) is 2.34. The van der Waals surface area contributed by atoms with Crippen molar-refractivity contribution in [3.05, 3.63) is 0 Å². The molecule has 0 aromatic rings. The summed E-state index contributed by atoms with van der Waals surface area (Å²) in [6.07, 6.45) is 3.94. The van der Waals surface area contributed by atoms with Gasteiger partial charge in [0.25, 0.3) is 0 Å². The second kappa shape index (κ2) is 7.93. The van der Waals surface area contributed by atoms with Crippen molar-refractivity contribution in [1.29, 1.82) is 0 Å². The van der Waals surface area contributed by atoms with Gasteiger partial charge in [-0.2, -0.15) is 0 Å². The normalized spacial score (nSPS) is 21.7. The number of aliphatic carboxylic acids is 1. The predicted octanol–water partition coefficient (Wildman–Crippen LogP) is 1.46. The third kappa shape index (κ3) is 5.51. The number of carboxylic acids is 1. The Morgan fingerprint density at radius 3 is 2.50 bits per heavy atom. The quantitative estimate of drug-likeness (QED) is 0.544. The van der Waals surface area contributed by atoms with Gasteiger partial charge in [-0.05, 0) is 58.4 Å². The van der Waals surface area contributed by atoms with E-state index in [4.69, 9.17) is 5.11 Å². The molecule has 1 fully saturated rings. The van der Waals surface area contributed by atoms with E-state index in [1.807, 2.05) is 0 Å². The third-order valence-electron chi connectivity index (χ3n) is 3.61. The van der Waals surface area contributed by atoms with E-state index < -0.39 is 19.6 Å². The molecule has 18 heavy (non-hydrogen) atoms. The lowest BCUT2D eigenvalue weighted by Crippen LogP contribution is -2.36. The molecule has 0 aromatic heterocycles. The number of piperidine rings is 1. The Balaban J connectivity index is 2.08. The molecular formula is C12H24NO4P. The fraction of sp³-hybridized carbons (Fsp3) is 0.917. The Morgan fingerprint density at radius 1 is 1.39 bits per heavy atom. The van der Waals surface area contributed by atoms with Gasteiger partial charge in [0.15, 0.2) is 0 Å². The largest absolute Gasteiger partial charge is 0.481 e. The summed E-state index contributed by atoms with van der Waals surface area (Å²) in [6.45, 7) is 4.24. The van der Waals surface area contributed by atoms with E-state index in [1.54, 1.807) is 6.66 Å². The molecule has 0 saturated carbocycles. The third-order valence-corrected chi connectivity index (χ3v) is 4.84. The number of aliphatic hydroxyl groups excluding tert-OH is 1. The maximum absolute atomic E-state index is 11.0. The van der Waals surface area contributed by atoms with Crippen LogP contribution >= 0.6 is 7.80 Å². The zero-order valence-electron chi connectivity index (χ0n) is 11.0. The molecule has 0 bridgehead atoms. The van der Waals surface area contributed by atoms with Crippen molar-refractivity contribution in [2.75, 3.05) is 26.3 Å². The van der Waals surface area contributed by atoms with Gasteiger partial charge >= 0.3 is 5.97 Å². The van der Waals surface area contributed by atoms with Crippen molar-refractivity contribution in [1.82, 2.24) is 4.90 Å². The van der Waals surface area contributed by atoms with Crippen LogP contribution in [-0.2, 0) is 9.36 Å². The first kappa shape index (κ1) is 15.7. The first-order valence-electron chi connectivity index (χ1n) is 6.64. The average molecular weight is 277 g/mol. The highest BCUT2D eigenvalue weighted by Crippen LogP contribution is 2.25. The molecule has 1 heterocycles. The lowest BCUT2D eigenvalue weighted by Gasteiger charge is -2.29. The molecule has 1 rings (SSSR count). The van der Waals surface area contributed by atoms with Gasteiger partial charge in [0.05, 0.1) is 5.92 Å². The number of hydrogen-bond donors (Lipinski definition) is 2. The highest BCUT2D eigenvalue weighted by molar-refractivity contribution is 7.44. The molecule has 0 spiro atoms. The summed E-state index contributed by atoms with van der Waals surface area (Å²) in [6, 6.07) is 0. The summed E-state index contributed by atoms with van der Waals surface area (Å²) in [5.41, 5.74) is 0. The molecule has 6 heteroatoms. The van der Waals surface area contributed by atoms with Crippen LogP contribution in [0.25, 0.3) is 0 Å². The Kier molecular flexibility index (Phi) is 6.90. The van der Waals surface area contributed by atoms with Crippen molar-refractivity contribution >= 4 is 13.8 Å². The molecule has 2 unspecified atom stereocenters. The SMILES string of the molecule is C[PH](=O)C(O)CCCCN1CCC(C(=O)O)CC1. The van der Waals surface area contributed by atoms with Gasteiger partial charge in [-0.25, -0.2) is 0 Å². The smallest absolute Gasteiger partial charge is 0.306 e. The molecule has 1 aliphatic heterocycles. The van der Waals surface area contributed by atoms with Crippen LogP contribution in [0.5, 0.6) is 0 Å². The summed E-state index contributed by atoms with van der Waals surface area (Å²) in [5, 5.41) is 18.3. The highest BCUT2D eigenvalue weighted by Gasteiger charge is 2.23. The molecule has 2 N–H and O–H groups in total. The predicted molar refractivity (Wildman–Crippen MR) is 71.6 cm³/mol. The monoisotopic (exact) mass is 277 g/mol. The van der Waals surface area contributed by atoms with E-state index in [-0.39, 0.29) is 5.92 Å². The minimum absolute atomic E-state index is 0.172. The Morgan fingerprint density at radius 2 is 2.00 bits per heavy atom. The van der Waals surface area contributed by atoms with Crippen molar-refractivity contribution in [2.45, 2.75) is 37.9 Å². The number of hydrogen-bond acceptors (Lipinski definition) is 4. The molecule has 0 aliphatic carbocycles. The van der Waals surface area contributed by atoms with Gasteiger partial charge in [0.1, 0.15) is 13.6 Å². The van der Waals surface area contributed by atoms with Crippen molar-refractivity contribution in [2.24, 2.45) is 5.92 Å². The number of carboxylic acid groups (broad SMARTS) is 1. The number of rotatable bonds is 7. The van der Waals surface area contributed by atoms with E-state index in [1.165, 1.54) is 0 Å². The molecule has 1 aliphatic rings. The van der Waals surface area contributed by atoms with Crippen LogP contribution in [0.1, 0.15) is 32.1 Å². The van der Waals surface area contributed by atoms with Crippen LogP contribution < -0.4 is 0 Å². The van der Waals surface area contributed by atoms with E-state index >= 15 is 0 Å². The lowest BCUT2D eigenvalue weighted by molar-refractivity contribution is -0.143. The zero-order valence-corrected chi connectivity index (χ0v) is 12.0. The van der Waals surface area contributed by atoms with Crippen LogP contribution in [0.15, 0.2) is 0 Å². The van der Waals surface area contributed by atoms with Crippen LogP contribution in [0.4, 0.5) is 0 Å². The van der Waals surface area contributed by atoms with Crippen molar-refractivity contribution < 1.29 is 19.6 Å². The minimum Gasteiger partial charge on any atom is -0.481 e. The summed E-state index contributed by atoms with van der Waals surface area (Å²) < 4.78 is 11.0. The fourth-order valence-electron chi connectivity index (χ4n) is 2.28. The summed E-state index contributed by atoms with van der Waals surface area (Å²) >= 11 is 0. The zero-order chi connectivity index (χ0) is 13.5. The lowest BCUT2D eigenvalue weighted by atomic mass is 9.97. The summed E-state index contributed by atoms with van der Waals surface area (Å²) in [7, 11) is -1.81. The van der Waals surface area contributed by atoms with Gasteiger partial charge in [-0.1, -0.05) is 0 Å². The van der Waals surface area contributed by atoms with Gasteiger partial charge in [-0.3, -0.25) is 4.79 Å². The minimum atomic E-state index is -1.81. The summed E-state index contributed by atoms with van der Waals surface area (Å²) in [5.74, 6) is -1.48. The fourth-order valence-corrected chi connectivity index (χ4v) is 2.89. The van der Waals surface area contributed by atoms with Gasteiger partial charge in [0.2, 0.25) is 0 Å². The summed E-state index contributed by atoms with van der Waals surface area (Å²) in [4.78, 5) is 13.1. The molecule has 0 radical (unpaired) electrons. The molecule has 106 valence electrons.